The van der Waals surface area contributed by atoms with Gasteiger partial charge in [0.1, 0.15) is 0 Å². The van der Waals surface area contributed by atoms with Crippen molar-refractivity contribution in [2.75, 3.05) is 0 Å². The summed E-state index contributed by atoms with van der Waals surface area (Å²) in [6.07, 6.45) is 2.94. The molecule has 0 aliphatic heterocycles. The van der Waals surface area contributed by atoms with E-state index in [0.717, 1.165) is 6.07 Å². The zero-order valence-electron chi connectivity index (χ0n) is 10.9. The Balaban J connectivity index is 2.33. The molecule has 0 fully saturated rings. The van der Waals surface area contributed by atoms with Crippen LogP contribution >= 0.6 is 15.9 Å². The average Bonchev–Trinajstić information content (AvgIpc) is 2.92. The molecule has 0 aliphatic rings. The van der Waals surface area contributed by atoms with Crippen LogP contribution in [-0.4, -0.2) is 29.5 Å². The van der Waals surface area contributed by atoms with Gasteiger partial charge in [0.2, 0.25) is 10.0 Å². The van der Waals surface area contributed by atoms with E-state index >= 15 is 0 Å². The summed E-state index contributed by atoms with van der Waals surface area (Å²) in [7, 11) is -3.82. The SMILES string of the molecule is Cc1c(Br)cc(S(=O)(=O)NCc2cnc[nH]2)cc1C(=O)O. The Morgan fingerprint density at radius 2 is 2.19 bits per heavy atom. The minimum absolute atomic E-state index is 0.0379. The molecule has 0 radical (unpaired) electrons. The second-order valence-corrected chi connectivity index (χ2v) is 6.91. The molecule has 1 aromatic carbocycles. The predicted octanol–water partition coefficient (Wildman–Crippen LogP) is 1.66. The minimum atomic E-state index is -3.82. The normalized spacial score (nSPS) is 11.5. The van der Waals surface area contributed by atoms with E-state index in [1.807, 2.05) is 0 Å². The summed E-state index contributed by atoms with van der Waals surface area (Å²) >= 11 is 3.18. The van der Waals surface area contributed by atoms with Crippen LogP contribution in [0.2, 0.25) is 0 Å². The quantitative estimate of drug-likeness (QED) is 0.737. The van der Waals surface area contributed by atoms with E-state index in [2.05, 4.69) is 30.6 Å². The fourth-order valence-corrected chi connectivity index (χ4v) is 3.34. The van der Waals surface area contributed by atoms with Crippen molar-refractivity contribution in [2.45, 2.75) is 18.4 Å². The van der Waals surface area contributed by atoms with Gasteiger partial charge in [0.15, 0.2) is 0 Å². The highest BCUT2D eigenvalue weighted by Gasteiger charge is 2.20. The Hall–Kier alpha value is -1.71. The smallest absolute Gasteiger partial charge is 0.336 e. The highest BCUT2D eigenvalue weighted by molar-refractivity contribution is 9.10. The van der Waals surface area contributed by atoms with Crippen LogP contribution in [0.3, 0.4) is 0 Å². The van der Waals surface area contributed by atoms with Crippen LogP contribution < -0.4 is 4.72 Å². The average molecular weight is 374 g/mol. The highest BCUT2D eigenvalue weighted by atomic mass is 79.9. The van der Waals surface area contributed by atoms with Gasteiger partial charge in [0.05, 0.1) is 23.3 Å². The first-order valence-electron chi connectivity index (χ1n) is 5.81. The maximum absolute atomic E-state index is 12.2. The molecule has 0 aliphatic carbocycles. The van der Waals surface area contributed by atoms with Crippen LogP contribution in [0, 0.1) is 6.92 Å². The van der Waals surface area contributed by atoms with Crippen molar-refractivity contribution >= 4 is 31.9 Å². The molecule has 0 bridgehead atoms. The summed E-state index contributed by atoms with van der Waals surface area (Å²) in [5, 5.41) is 9.11. The van der Waals surface area contributed by atoms with Crippen LogP contribution in [0.15, 0.2) is 34.0 Å². The number of nitrogens with zero attached hydrogens (tertiary/aromatic N) is 1. The Bertz CT molecular complexity index is 772. The summed E-state index contributed by atoms with van der Waals surface area (Å²) in [6, 6.07) is 2.51. The standard InChI is InChI=1S/C12H12BrN3O4S/c1-7-10(12(17)18)2-9(3-11(7)13)21(19,20)16-5-8-4-14-6-15-8/h2-4,6,16H,5H2,1H3,(H,14,15)(H,17,18). The topological polar surface area (TPSA) is 112 Å². The summed E-state index contributed by atoms with van der Waals surface area (Å²) in [5.74, 6) is -1.18. The van der Waals surface area contributed by atoms with E-state index in [-0.39, 0.29) is 17.0 Å². The molecule has 2 aromatic rings. The first kappa shape index (κ1) is 15.7. The van der Waals surface area contributed by atoms with Crippen LogP contribution in [0.4, 0.5) is 0 Å². The van der Waals surface area contributed by atoms with Crippen LogP contribution in [0.5, 0.6) is 0 Å². The Morgan fingerprint density at radius 3 is 2.76 bits per heavy atom. The van der Waals surface area contributed by atoms with Gasteiger partial charge in [-0.05, 0) is 24.6 Å². The number of nitrogens with one attached hydrogen (secondary N) is 2. The monoisotopic (exact) mass is 373 g/mol. The number of H-pyrrole nitrogens is 1. The first-order chi connectivity index (χ1) is 9.81. The van der Waals surface area contributed by atoms with Crippen molar-refractivity contribution in [3.05, 3.63) is 46.0 Å². The van der Waals surface area contributed by atoms with Crippen molar-refractivity contribution in [1.82, 2.24) is 14.7 Å². The second-order valence-electron chi connectivity index (χ2n) is 4.28. The Kier molecular flexibility index (Phi) is 4.45. The van der Waals surface area contributed by atoms with E-state index in [1.165, 1.54) is 18.6 Å². The lowest BCUT2D eigenvalue weighted by Gasteiger charge is -2.10. The van der Waals surface area contributed by atoms with Crippen molar-refractivity contribution in [2.24, 2.45) is 0 Å². The molecule has 0 atom stereocenters. The van der Waals surface area contributed by atoms with Gasteiger partial charge in [-0.15, -0.1) is 0 Å². The number of hydrogen-bond acceptors (Lipinski definition) is 4. The molecule has 1 aromatic heterocycles. The summed E-state index contributed by atoms with van der Waals surface area (Å²) in [6.45, 7) is 1.64. The van der Waals surface area contributed by atoms with Crippen LogP contribution in [0.1, 0.15) is 21.6 Å². The summed E-state index contributed by atoms with van der Waals surface area (Å²) in [4.78, 5) is 17.6. The molecule has 9 heteroatoms. The molecule has 3 N–H and O–H groups in total. The number of sulfonamides is 1. The van der Waals surface area contributed by atoms with E-state index in [1.54, 1.807) is 6.92 Å². The van der Waals surface area contributed by atoms with Gasteiger partial charge >= 0.3 is 5.97 Å². The first-order valence-corrected chi connectivity index (χ1v) is 8.09. The number of benzene rings is 1. The molecule has 0 saturated heterocycles. The Morgan fingerprint density at radius 1 is 1.48 bits per heavy atom. The molecule has 7 nitrogen and oxygen atoms in total. The number of carbonyl (C=O) groups is 1. The van der Waals surface area contributed by atoms with Gasteiger partial charge in [0.25, 0.3) is 0 Å². The molecular formula is C12H12BrN3O4S. The van der Waals surface area contributed by atoms with Crippen molar-refractivity contribution in [3.63, 3.8) is 0 Å². The fourth-order valence-electron chi connectivity index (χ4n) is 1.67. The van der Waals surface area contributed by atoms with Gasteiger partial charge < -0.3 is 10.1 Å². The molecule has 112 valence electrons. The second kappa shape index (κ2) is 5.96. The molecule has 2 rings (SSSR count). The summed E-state index contributed by atoms with van der Waals surface area (Å²) < 4.78 is 27.2. The lowest BCUT2D eigenvalue weighted by Crippen LogP contribution is -2.24. The number of hydrogen-bond donors (Lipinski definition) is 3. The molecule has 0 amide bonds. The fraction of sp³-hybridized carbons (Fsp3) is 0.167. The van der Waals surface area contributed by atoms with E-state index in [0.29, 0.717) is 15.7 Å². The van der Waals surface area contributed by atoms with E-state index in [4.69, 9.17) is 5.11 Å². The van der Waals surface area contributed by atoms with Crippen molar-refractivity contribution in [1.29, 1.82) is 0 Å². The number of aromatic amines is 1. The highest BCUT2D eigenvalue weighted by Crippen LogP contribution is 2.25. The zero-order valence-corrected chi connectivity index (χ0v) is 13.3. The van der Waals surface area contributed by atoms with Gasteiger partial charge in [-0.3, -0.25) is 0 Å². The zero-order chi connectivity index (χ0) is 15.6. The lowest BCUT2D eigenvalue weighted by molar-refractivity contribution is 0.0695. The number of aromatic carboxylic acids is 1. The molecule has 1 heterocycles. The number of carboxylic acids is 1. The number of rotatable bonds is 5. The van der Waals surface area contributed by atoms with Gasteiger partial charge in [-0.2, -0.15) is 0 Å². The molecule has 0 unspecified atom stereocenters. The van der Waals surface area contributed by atoms with E-state index < -0.39 is 16.0 Å². The number of aromatic nitrogens is 2. The number of imidazole rings is 1. The van der Waals surface area contributed by atoms with Gasteiger partial charge in [0, 0.05) is 16.4 Å². The predicted molar refractivity (Wildman–Crippen MR) is 78.5 cm³/mol. The third-order valence-corrected chi connectivity index (χ3v) is 5.07. The molecule has 0 spiro atoms. The van der Waals surface area contributed by atoms with Crippen LogP contribution in [-0.2, 0) is 16.6 Å². The van der Waals surface area contributed by atoms with Gasteiger partial charge in [-0.25, -0.2) is 22.9 Å². The molecular weight excluding hydrogens is 362 g/mol. The van der Waals surface area contributed by atoms with Crippen molar-refractivity contribution < 1.29 is 18.3 Å². The maximum Gasteiger partial charge on any atom is 0.336 e. The molecule has 21 heavy (non-hydrogen) atoms. The maximum atomic E-state index is 12.2. The Labute approximate surface area is 129 Å². The third-order valence-electron chi connectivity index (χ3n) is 2.87. The van der Waals surface area contributed by atoms with Gasteiger partial charge in [-0.1, -0.05) is 15.9 Å². The largest absolute Gasteiger partial charge is 0.478 e. The number of carboxylic acid groups (broad SMARTS) is 1. The van der Waals surface area contributed by atoms with Crippen molar-refractivity contribution in [3.8, 4) is 0 Å². The summed E-state index contributed by atoms with van der Waals surface area (Å²) in [5.41, 5.74) is 1.00. The van der Waals surface area contributed by atoms with E-state index in [9.17, 15) is 13.2 Å². The third kappa shape index (κ3) is 3.49. The van der Waals surface area contributed by atoms with Crippen LogP contribution in [0.25, 0.3) is 0 Å². The molecule has 0 saturated carbocycles. The number of halogens is 1. The lowest BCUT2D eigenvalue weighted by atomic mass is 10.1. The minimum Gasteiger partial charge on any atom is -0.478 e.